The number of amidine groups is 1. The van der Waals surface area contributed by atoms with Gasteiger partial charge in [0.15, 0.2) is 5.17 Å². The Kier molecular flexibility index (Phi) is 3.79. The van der Waals surface area contributed by atoms with Crippen molar-refractivity contribution in [1.82, 2.24) is 15.1 Å². The summed E-state index contributed by atoms with van der Waals surface area (Å²) in [6, 6.07) is 0. The van der Waals surface area contributed by atoms with Gasteiger partial charge in [0.05, 0.1) is 24.8 Å². The third-order valence-corrected chi connectivity index (χ3v) is 4.86. The van der Waals surface area contributed by atoms with E-state index in [0.29, 0.717) is 0 Å². The highest BCUT2D eigenvalue weighted by Crippen LogP contribution is 2.31. The van der Waals surface area contributed by atoms with Crippen LogP contribution >= 0.6 is 11.8 Å². The van der Waals surface area contributed by atoms with Crippen LogP contribution in [0.25, 0.3) is 0 Å². The fraction of sp³-hybridized carbons (Fsp3) is 0.692. The van der Waals surface area contributed by atoms with Crippen molar-refractivity contribution in [3.8, 4) is 0 Å². The minimum absolute atomic E-state index is 0.240. The number of nitrogens with zero attached hydrogens (tertiary/aromatic N) is 3. The summed E-state index contributed by atoms with van der Waals surface area (Å²) in [5.74, 6) is 1.12. The Balaban J connectivity index is 1.51. The van der Waals surface area contributed by atoms with Crippen molar-refractivity contribution >= 4 is 16.9 Å². The summed E-state index contributed by atoms with van der Waals surface area (Å²) < 4.78 is 7.38. The van der Waals surface area contributed by atoms with Crippen LogP contribution in [0.4, 0.5) is 0 Å². The van der Waals surface area contributed by atoms with E-state index in [2.05, 4.69) is 28.5 Å². The Labute approximate surface area is 117 Å². The van der Waals surface area contributed by atoms with Crippen LogP contribution < -0.4 is 5.32 Å². The lowest BCUT2D eigenvalue weighted by atomic mass is 9.93. The summed E-state index contributed by atoms with van der Waals surface area (Å²) in [6.45, 7) is 5.41. The third kappa shape index (κ3) is 3.12. The lowest BCUT2D eigenvalue weighted by Crippen LogP contribution is -2.48. The predicted molar refractivity (Wildman–Crippen MR) is 77.6 cm³/mol. The van der Waals surface area contributed by atoms with E-state index < -0.39 is 0 Å². The zero-order valence-electron chi connectivity index (χ0n) is 11.3. The minimum atomic E-state index is 0.240. The second kappa shape index (κ2) is 5.54. The molecule has 1 aromatic heterocycles. The van der Waals surface area contributed by atoms with E-state index in [1.54, 1.807) is 0 Å². The summed E-state index contributed by atoms with van der Waals surface area (Å²) in [7, 11) is 0. The number of rotatable bonds is 3. The summed E-state index contributed by atoms with van der Waals surface area (Å²) in [6.07, 6.45) is 6.12. The molecule has 0 amide bonds. The van der Waals surface area contributed by atoms with Crippen molar-refractivity contribution in [3.05, 3.63) is 18.0 Å². The standard InChI is InChI=1S/C13H20N4OS/c1-11-8-15-17(9-11)5-4-14-12-16-13(10-19-12)2-6-18-7-3-13/h8-9H,2-7,10H2,1H3,(H,14,16). The molecule has 0 radical (unpaired) electrons. The highest BCUT2D eigenvalue weighted by Gasteiger charge is 2.38. The van der Waals surface area contributed by atoms with Gasteiger partial charge in [0, 0.05) is 25.2 Å². The normalized spacial score (nSPS) is 23.9. The van der Waals surface area contributed by atoms with E-state index in [1.165, 1.54) is 5.56 Å². The van der Waals surface area contributed by atoms with Crippen LogP contribution in [0.2, 0.25) is 0 Å². The van der Waals surface area contributed by atoms with Crippen LogP contribution in [0.5, 0.6) is 0 Å². The van der Waals surface area contributed by atoms with Crippen LogP contribution in [-0.4, -0.2) is 46.0 Å². The molecule has 2 aliphatic heterocycles. The zero-order valence-corrected chi connectivity index (χ0v) is 12.1. The number of ether oxygens (including phenoxy) is 1. The van der Waals surface area contributed by atoms with Gasteiger partial charge in [0.25, 0.3) is 0 Å². The van der Waals surface area contributed by atoms with E-state index in [0.717, 1.165) is 50.1 Å². The van der Waals surface area contributed by atoms with Crippen molar-refractivity contribution in [2.45, 2.75) is 31.8 Å². The predicted octanol–water partition coefficient (Wildman–Crippen LogP) is 1.43. The summed E-state index contributed by atoms with van der Waals surface area (Å²) in [4.78, 5) is 4.64. The molecule has 2 saturated heterocycles. The quantitative estimate of drug-likeness (QED) is 0.910. The first-order valence-electron chi connectivity index (χ1n) is 6.78. The van der Waals surface area contributed by atoms with Crippen LogP contribution in [0, 0.1) is 6.92 Å². The van der Waals surface area contributed by atoms with Gasteiger partial charge in [-0.05, 0) is 25.3 Å². The van der Waals surface area contributed by atoms with E-state index in [-0.39, 0.29) is 5.54 Å². The number of nitrogens with one attached hydrogen (secondary N) is 1. The number of thioether (sulfide) groups is 1. The first kappa shape index (κ1) is 13.0. The third-order valence-electron chi connectivity index (χ3n) is 3.65. The lowest BCUT2D eigenvalue weighted by molar-refractivity contribution is 0.0555. The number of aliphatic imine (C=N–C) groups is 1. The van der Waals surface area contributed by atoms with Gasteiger partial charge in [-0.3, -0.25) is 9.67 Å². The first-order chi connectivity index (χ1) is 9.26. The maximum absolute atomic E-state index is 5.43. The van der Waals surface area contributed by atoms with Crippen LogP contribution in [0.1, 0.15) is 18.4 Å². The molecule has 0 aliphatic carbocycles. The van der Waals surface area contributed by atoms with Crippen LogP contribution in [0.15, 0.2) is 17.4 Å². The van der Waals surface area contributed by atoms with E-state index in [9.17, 15) is 0 Å². The van der Waals surface area contributed by atoms with Gasteiger partial charge in [-0.1, -0.05) is 11.8 Å². The summed E-state index contributed by atoms with van der Waals surface area (Å²) >= 11 is 1.84. The summed E-state index contributed by atoms with van der Waals surface area (Å²) in [5, 5.41) is 8.96. The van der Waals surface area contributed by atoms with Crippen LogP contribution in [0.3, 0.4) is 0 Å². The molecule has 1 N–H and O–H groups in total. The number of aryl methyl sites for hydroxylation is 1. The smallest absolute Gasteiger partial charge is 0.157 e. The van der Waals surface area contributed by atoms with Crippen LogP contribution in [-0.2, 0) is 11.3 Å². The Morgan fingerprint density at radius 3 is 3.11 bits per heavy atom. The molecule has 3 rings (SSSR count). The molecule has 6 heteroatoms. The molecule has 0 atom stereocenters. The molecule has 1 aromatic rings. The molecule has 0 aromatic carbocycles. The average molecular weight is 280 g/mol. The molecule has 19 heavy (non-hydrogen) atoms. The minimum Gasteiger partial charge on any atom is -0.381 e. The molecule has 104 valence electrons. The number of hydrogen-bond acceptors (Lipinski definition) is 4. The number of aromatic nitrogens is 2. The maximum atomic E-state index is 5.43. The summed E-state index contributed by atoms with van der Waals surface area (Å²) in [5.41, 5.74) is 1.44. The van der Waals surface area contributed by atoms with Gasteiger partial charge in [-0.25, -0.2) is 0 Å². The topological polar surface area (TPSA) is 51.4 Å². The fourth-order valence-electron chi connectivity index (χ4n) is 2.47. The van der Waals surface area contributed by atoms with Crippen molar-refractivity contribution in [2.24, 2.45) is 4.99 Å². The van der Waals surface area contributed by atoms with E-state index in [1.807, 2.05) is 22.6 Å². The Hall–Kier alpha value is -1.01. The van der Waals surface area contributed by atoms with Gasteiger partial charge in [0.2, 0.25) is 0 Å². The monoisotopic (exact) mass is 280 g/mol. The second-order valence-corrected chi connectivity index (χ2v) is 6.24. The molecule has 5 nitrogen and oxygen atoms in total. The molecular formula is C13H20N4OS. The number of hydrogen-bond donors (Lipinski definition) is 1. The van der Waals surface area contributed by atoms with E-state index >= 15 is 0 Å². The van der Waals surface area contributed by atoms with Crippen molar-refractivity contribution in [1.29, 1.82) is 0 Å². The molecular weight excluding hydrogens is 260 g/mol. The SMILES string of the molecule is Cc1cnn(CCN=C2NC3(CCOCC3)CS2)c1. The van der Waals surface area contributed by atoms with Gasteiger partial charge >= 0.3 is 0 Å². The molecule has 2 fully saturated rings. The first-order valence-corrected chi connectivity index (χ1v) is 7.77. The largest absolute Gasteiger partial charge is 0.381 e. The molecule has 0 bridgehead atoms. The van der Waals surface area contributed by atoms with Crippen molar-refractivity contribution < 1.29 is 4.74 Å². The van der Waals surface area contributed by atoms with Gasteiger partial charge in [-0.2, -0.15) is 5.10 Å². The molecule has 0 saturated carbocycles. The van der Waals surface area contributed by atoms with Crippen molar-refractivity contribution in [2.75, 3.05) is 25.5 Å². The fourth-order valence-corrected chi connectivity index (χ4v) is 3.71. The highest BCUT2D eigenvalue weighted by molar-refractivity contribution is 8.14. The molecule has 1 spiro atoms. The van der Waals surface area contributed by atoms with Gasteiger partial charge < -0.3 is 10.1 Å². The second-order valence-electron chi connectivity index (χ2n) is 5.27. The van der Waals surface area contributed by atoms with E-state index in [4.69, 9.17) is 4.74 Å². The van der Waals surface area contributed by atoms with Crippen molar-refractivity contribution in [3.63, 3.8) is 0 Å². The zero-order chi connectivity index (χ0) is 13.1. The highest BCUT2D eigenvalue weighted by atomic mass is 32.2. The Bertz CT molecular complexity index is 465. The average Bonchev–Trinajstić information content (AvgIpc) is 2.99. The van der Waals surface area contributed by atoms with Gasteiger partial charge in [-0.15, -0.1) is 0 Å². The molecule has 0 unspecified atom stereocenters. The van der Waals surface area contributed by atoms with Gasteiger partial charge in [0.1, 0.15) is 0 Å². The Morgan fingerprint density at radius 2 is 2.37 bits per heavy atom. The maximum Gasteiger partial charge on any atom is 0.157 e. The molecule has 2 aliphatic rings. The Morgan fingerprint density at radius 1 is 1.53 bits per heavy atom. The molecule has 3 heterocycles. The lowest BCUT2D eigenvalue weighted by Gasteiger charge is -2.32.